The van der Waals surface area contributed by atoms with Crippen molar-refractivity contribution in [1.82, 2.24) is 5.32 Å². The molecule has 0 unspecified atom stereocenters. The van der Waals surface area contributed by atoms with E-state index in [4.69, 9.17) is 21.1 Å². The Bertz CT molecular complexity index is 978. The second-order valence-corrected chi connectivity index (χ2v) is 7.80. The van der Waals surface area contributed by atoms with Gasteiger partial charge in [0.05, 0.1) is 11.6 Å². The van der Waals surface area contributed by atoms with Crippen LogP contribution in [0.3, 0.4) is 0 Å². The summed E-state index contributed by atoms with van der Waals surface area (Å²) < 4.78 is 11.2. The first kappa shape index (κ1) is 23.2. The van der Waals surface area contributed by atoms with Crippen LogP contribution in [0, 0.1) is 0 Å². The van der Waals surface area contributed by atoms with E-state index in [-0.39, 0.29) is 16.7 Å². The summed E-state index contributed by atoms with van der Waals surface area (Å²) >= 11 is 6.27. The van der Waals surface area contributed by atoms with Gasteiger partial charge in [-0.05, 0) is 54.5 Å². The third-order valence-corrected chi connectivity index (χ3v) is 5.47. The van der Waals surface area contributed by atoms with Gasteiger partial charge in [-0.25, -0.2) is 0 Å². The number of halogens is 1. The van der Waals surface area contributed by atoms with Crippen molar-refractivity contribution in [2.45, 2.75) is 37.1 Å². The minimum atomic E-state index is -1.98. The van der Waals surface area contributed by atoms with E-state index in [9.17, 15) is 25.2 Å². The first-order chi connectivity index (χ1) is 14.7. The number of benzene rings is 1. The molecule has 2 aliphatic rings. The molecule has 0 radical (unpaired) electrons. The number of amides is 1. The molecule has 1 heterocycles. The molecule has 0 bridgehead atoms. The summed E-state index contributed by atoms with van der Waals surface area (Å²) in [5, 5.41) is 43.1. The Labute approximate surface area is 184 Å². The van der Waals surface area contributed by atoms with Crippen molar-refractivity contribution in [3.05, 3.63) is 64.4 Å². The second kappa shape index (κ2) is 9.38. The largest absolute Gasteiger partial charge is 0.460 e. The number of likely N-dealkylation sites (N-methyl/N-ethyl adjacent to an activating group) is 1. The first-order valence-electron chi connectivity index (χ1n) is 9.57. The predicted molar refractivity (Wildman–Crippen MR) is 113 cm³/mol. The van der Waals surface area contributed by atoms with E-state index < -0.39 is 36.8 Å². The molecule has 1 saturated heterocycles. The van der Waals surface area contributed by atoms with Gasteiger partial charge in [0.25, 0.3) is 5.91 Å². The molecule has 8 nitrogen and oxygen atoms in total. The quantitative estimate of drug-likeness (QED) is 0.418. The molecule has 0 spiro atoms. The summed E-state index contributed by atoms with van der Waals surface area (Å²) in [6.45, 7) is 0.667. The Hall–Kier alpha value is -2.42. The van der Waals surface area contributed by atoms with E-state index in [1.807, 2.05) is 0 Å². The fourth-order valence-corrected chi connectivity index (χ4v) is 3.40. The number of rotatable bonds is 5. The van der Waals surface area contributed by atoms with E-state index in [0.29, 0.717) is 16.7 Å². The Morgan fingerprint density at radius 2 is 2.13 bits per heavy atom. The zero-order chi connectivity index (χ0) is 22.8. The lowest BCUT2D eigenvalue weighted by Crippen LogP contribution is -2.66. The number of ether oxygens (including phenoxy) is 2. The van der Waals surface area contributed by atoms with Crippen LogP contribution in [0.1, 0.15) is 12.5 Å². The van der Waals surface area contributed by atoms with Crippen molar-refractivity contribution in [1.29, 1.82) is 0 Å². The predicted octanol–water partition coefficient (Wildman–Crippen LogP) is 0.690. The summed E-state index contributed by atoms with van der Waals surface area (Å²) in [4.78, 5) is 12.0. The van der Waals surface area contributed by atoms with Crippen LogP contribution in [0.25, 0.3) is 5.57 Å². The smallest absolute Gasteiger partial charge is 0.251 e. The highest BCUT2D eigenvalue weighted by atomic mass is 35.5. The maximum atomic E-state index is 12.0. The van der Waals surface area contributed by atoms with Gasteiger partial charge in [-0.3, -0.25) is 4.79 Å². The molecule has 1 aromatic rings. The Balaban J connectivity index is 1.92. The van der Waals surface area contributed by atoms with Crippen molar-refractivity contribution in [2.75, 3.05) is 13.7 Å². The minimum absolute atomic E-state index is 0.140. The molecule has 166 valence electrons. The number of allylic oxidation sites excluding steroid dienone is 3. The number of aliphatic hydroxyl groups excluding tert-OH is 3. The summed E-state index contributed by atoms with van der Waals surface area (Å²) in [6.07, 6.45) is 0.972. The van der Waals surface area contributed by atoms with E-state index in [0.717, 1.165) is 0 Å². The lowest BCUT2D eigenvalue weighted by Gasteiger charge is -2.45. The number of hydrogen-bond donors (Lipinski definition) is 5. The third kappa shape index (κ3) is 4.76. The van der Waals surface area contributed by atoms with Crippen LogP contribution >= 0.6 is 11.6 Å². The Morgan fingerprint density at radius 1 is 1.39 bits per heavy atom. The van der Waals surface area contributed by atoms with Gasteiger partial charge in [0.15, 0.2) is 5.60 Å². The molecule has 3 rings (SSSR count). The SMILES string of the molecule is CNC(=O)C1=CC(c2ccc(Cl)c(O[C@H]3O[C@H](CO)[C@@H](O)[C@H](O)[C@]3(C)O)c2)=CC=C=C1. The highest BCUT2D eigenvalue weighted by Crippen LogP contribution is 2.36. The summed E-state index contributed by atoms with van der Waals surface area (Å²) in [5.74, 6) is -0.130. The molecule has 31 heavy (non-hydrogen) atoms. The lowest BCUT2D eigenvalue weighted by atomic mass is 9.88. The number of carbonyl (C=O) groups excluding carboxylic acids is 1. The summed E-state index contributed by atoms with van der Waals surface area (Å²) in [7, 11) is 1.53. The zero-order valence-electron chi connectivity index (χ0n) is 16.9. The van der Waals surface area contributed by atoms with E-state index in [1.54, 1.807) is 42.5 Å². The monoisotopic (exact) mass is 449 g/mol. The van der Waals surface area contributed by atoms with Crippen LogP contribution < -0.4 is 10.1 Å². The summed E-state index contributed by atoms with van der Waals surface area (Å²) in [5.41, 5.74) is 2.66. The third-order valence-electron chi connectivity index (χ3n) is 5.16. The van der Waals surface area contributed by atoms with Crippen molar-refractivity contribution in [3.8, 4) is 5.75 Å². The molecule has 1 aliphatic carbocycles. The Morgan fingerprint density at radius 3 is 2.81 bits per heavy atom. The topological polar surface area (TPSA) is 128 Å². The van der Waals surface area contributed by atoms with E-state index in [2.05, 4.69) is 11.0 Å². The molecule has 1 amide bonds. The molecular weight excluding hydrogens is 426 g/mol. The number of aliphatic hydroxyl groups is 4. The second-order valence-electron chi connectivity index (χ2n) is 7.39. The van der Waals surface area contributed by atoms with Gasteiger partial charge in [0.1, 0.15) is 24.1 Å². The normalized spacial score (nSPS) is 30.3. The van der Waals surface area contributed by atoms with Crippen molar-refractivity contribution >= 4 is 23.1 Å². The van der Waals surface area contributed by atoms with Crippen LogP contribution in [-0.4, -0.2) is 70.2 Å². The number of hydrogen-bond acceptors (Lipinski definition) is 7. The van der Waals surface area contributed by atoms with Gasteiger partial charge < -0.3 is 35.2 Å². The minimum Gasteiger partial charge on any atom is -0.460 e. The van der Waals surface area contributed by atoms with Gasteiger partial charge >= 0.3 is 0 Å². The highest BCUT2D eigenvalue weighted by Gasteiger charge is 2.53. The molecule has 0 aromatic heterocycles. The fraction of sp³-hybridized carbons (Fsp3) is 0.364. The van der Waals surface area contributed by atoms with Crippen LogP contribution in [0.4, 0.5) is 0 Å². The molecule has 1 aromatic carbocycles. The van der Waals surface area contributed by atoms with Gasteiger partial charge in [-0.15, -0.1) is 5.73 Å². The highest BCUT2D eigenvalue weighted by molar-refractivity contribution is 6.32. The zero-order valence-corrected chi connectivity index (χ0v) is 17.7. The molecule has 5 N–H and O–H groups in total. The van der Waals surface area contributed by atoms with Gasteiger partial charge in [-0.2, -0.15) is 0 Å². The van der Waals surface area contributed by atoms with Crippen molar-refractivity contribution < 1.29 is 34.7 Å². The average molecular weight is 450 g/mol. The molecule has 1 aliphatic heterocycles. The number of carbonyl (C=O) groups is 1. The van der Waals surface area contributed by atoms with Crippen LogP contribution in [0.2, 0.25) is 5.02 Å². The fourth-order valence-electron chi connectivity index (χ4n) is 3.24. The molecule has 0 saturated carbocycles. The standard InChI is InChI=1S/C22H24ClNO7/c1-22(29)19(27)18(26)17(11-25)31-21(22)30-16-10-13(7-8-15(16)23)12-5-3-4-6-14(9-12)20(28)24-2/h3,5-10,17-19,21,25-27,29H,11H2,1-2H3,(H,24,28)/t17-,18-,19+,21+,22+/m1/s1. The van der Waals surface area contributed by atoms with E-state index in [1.165, 1.54) is 14.0 Å². The molecule has 5 atom stereocenters. The van der Waals surface area contributed by atoms with E-state index >= 15 is 0 Å². The molecular formula is C22H24ClNO7. The maximum absolute atomic E-state index is 12.0. The van der Waals surface area contributed by atoms with Gasteiger partial charge in [0.2, 0.25) is 6.29 Å². The summed E-state index contributed by atoms with van der Waals surface area (Å²) in [6, 6.07) is 4.90. The number of nitrogens with one attached hydrogen (secondary N) is 1. The molecule has 9 heteroatoms. The maximum Gasteiger partial charge on any atom is 0.251 e. The Kier molecular flexibility index (Phi) is 7.03. The lowest BCUT2D eigenvalue weighted by molar-refractivity contribution is -0.314. The average Bonchev–Trinajstić information content (AvgIpc) is 3.01. The van der Waals surface area contributed by atoms with Crippen LogP contribution in [0.15, 0.2) is 53.8 Å². The molecule has 1 fully saturated rings. The van der Waals surface area contributed by atoms with Crippen LogP contribution in [0.5, 0.6) is 5.75 Å². The van der Waals surface area contributed by atoms with Gasteiger partial charge in [-0.1, -0.05) is 17.7 Å². The van der Waals surface area contributed by atoms with Crippen molar-refractivity contribution in [2.24, 2.45) is 0 Å². The van der Waals surface area contributed by atoms with Crippen LogP contribution in [-0.2, 0) is 9.53 Å². The van der Waals surface area contributed by atoms with Gasteiger partial charge in [0, 0.05) is 12.6 Å². The first-order valence-corrected chi connectivity index (χ1v) is 9.94. The van der Waals surface area contributed by atoms with Crippen molar-refractivity contribution in [3.63, 3.8) is 0 Å².